The number of nitrogens with one attached hydrogen (secondary N) is 1. The number of para-hydroxylation sites is 1. The summed E-state index contributed by atoms with van der Waals surface area (Å²) in [4.78, 5) is 11.8. The van der Waals surface area contributed by atoms with Crippen LogP contribution in [0.2, 0.25) is 0 Å². The summed E-state index contributed by atoms with van der Waals surface area (Å²) in [5, 5.41) is 7.19. The Morgan fingerprint density at radius 1 is 1.24 bits per heavy atom. The van der Waals surface area contributed by atoms with Crippen LogP contribution in [0.15, 0.2) is 42.6 Å². The molecule has 1 amide bonds. The van der Waals surface area contributed by atoms with Gasteiger partial charge in [-0.25, -0.2) is 4.68 Å². The summed E-state index contributed by atoms with van der Waals surface area (Å²) in [6, 6.07) is 11.9. The molecular weight excluding hydrogens is 214 g/mol. The molecule has 1 aromatic heterocycles. The summed E-state index contributed by atoms with van der Waals surface area (Å²) in [5.41, 5.74) is 1.43. The fourth-order valence-corrected chi connectivity index (χ4v) is 1.66. The van der Waals surface area contributed by atoms with Crippen LogP contribution in [0.3, 0.4) is 0 Å². The molecule has 0 aliphatic heterocycles. The van der Waals surface area contributed by atoms with Gasteiger partial charge >= 0.3 is 0 Å². The second-order valence-electron chi connectivity index (χ2n) is 4.23. The van der Waals surface area contributed by atoms with Crippen LogP contribution >= 0.6 is 0 Å². The topological polar surface area (TPSA) is 46.9 Å². The fourth-order valence-electron chi connectivity index (χ4n) is 1.66. The van der Waals surface area contributed by atoms with E-state index in [9.17, 15) is 4.79 Å². The molecule has 1 aromatic carbocycles. The van der Waals surface area contributed by atoms with Crippen LogP contribution in [0.4, 0.5) is 0 Å². The van der Waals surface area contributed by atoms with E-state index >= 15 is 0 Å². The van der Waals surface area contributed by atoms with E-state index in [2.05, 4.69) is 10.4 Å². The number of hydrogen-bond acceptors (Lipinski definition) is 2. The number of rotatable bonds is 3. The lowest BCUT2D eigenvalue weighted by Gasteiger charge is -2.00. The summed E-state index contributed by atoms with van der Waals surface area (Å²) < 4.78 is 1.71. The van der Waals surface area contributed by atoms with Gasteiger partial charge in [0.1, 0.15) is 0 Å². The van der Waals surface area contributed by atoms with Gasteiger partial charge in [0.15, 0.2) is 5.69 Å². The van der Waals surface area contributed by atoms with E-state index in [4.69, 9.17) is 0 Å². The quantitative estimate of drug-likeness (QED) is 0.868. The van der Waals surface area contributed by atoms with Crippen molar-refractivity contribution in [3.05, 3.63) is 48.3 Å². The lowest BCUT2D eigenvalue weighted by molar-refractivity contribution is 0.0945. The van der Waals surface area contributed by atoms with Gasteiger partial charge in [-0.05, 0) is 31.0 Å². The molecule has 4 nitrogen and oxygen atoms in total. The summed E-state index contributed by atoms with van der Waals surface area (Å²) in [7, 11) is 0. The van der Waals surface area contributed by atoms with Gasteiger partial charge in [-0.15, -0.1) is 0 Å². The molecule has 1 aliphatic carbocycles. The average molecular weight is 227 g/mol. The Hall–Kier alpha value is -2.10. The van der Waals surface area contributed by atoms with Crippen molar-refractivity contribution in [2.75, 3.05) is 0 Å². The van der Waals surface area contributed by atoms with E-state index in [0.717, 1.165) is 18.5 Å². The fraction of sp³-hybridized carbons (Fsp3) is 0.231. The van der Waals surface area contributed by atoms with E-state index in [1.54, 1.807) is 16.9 Å². The van der Waals surface area contributed by atoms with Gasteiger partial charge in [0.05, 0.1) is 5.69 Å². The Bertz CT molecular complexity index is 529. The first-order valence-electron chi connectivity index (χ1n) is 5.75. The second-order valence-corrected chi connectivity index (χ2v) is 4.23. The van der Waals surface area contributed by atoms with Gasteiger partial charge in [-0.1, -0.05) is 18.2 Å². The SMILES string of the molecule is O=C(NC1CC1)c1ccn(-c2ccccc2)n1. The van der Waals surface area contributed by atoms with Gasteiger partial charge in [-0.2, -0.15) is 5.10 Å². The molecule has 3 rings (SSSR count). The highest BCUT2D eigenvalue weighted by atomic mass is 16.2. The van der Waals surface area contributed by atoms with Crippen molar-refractivity contribution in [2.45, 2.75) is 18.9 Å². The van der Waals surface area contributed by atoms with Gasteiger partial charge in [0, 0.05) is 12.2 Å². The lowest BCUT2D eigenvalue weighted by atomic mass is 10.3. The number of hydrogen-bond donors (Lipinski definition) is 1. The summed E-state index contributed by atoms with van der Waals surface area (Å²) in [6.45, 7) is 0. The zero-order valence-corrected chi connectivity index (χ0v) is 9.34. The van der Waals surface area contributed by atoms with Crippen molar-refractivity contribution in [1.29, 1.82) is 0 Å². The lowest BCUT2D eigenvalue weighted by Crippen LogP contribution is -2.25. The van der Waals surface area contributed by atoms with E-state index in [0.29, 0.717) is 11.7 Å². The van der Waals surface area contributed by atoms with Crippen LogP contribution in [-0.4, -0.2) is 21.7 Å². The molecule has 1 heterocycles. The van der Waals surface area contributed by atoms with E-state index in [-0.39, 0.29) is 5.91 Å². The van der Waals surface area contributed by atoms with E-state index < -0.39 is 0 Å². The molecule has 4 heteroatoms. The molecule has 1 saturated carbocycles. The molecule has 0 spiro atoms. The third kappa shape index (κ3) is 2.20. The first-order valence-corrected chi connectivity index (χ1v) is 5.75. The Morgan fingerprint density at radius 3 is 2.71 bits per heavy atom. The molecule has 86 valence electrons. The first-order chi connectivity index (χ1) is 8.33. The van der Waals surface area contributed by atoms with E-state index in [1.165, 1.54) is 0 Å². The highest BCUT2D eigenvalue weighted by Crippen LogP contribution is 2.19. The summed E-state index contributed by atoms with van der Waals surface area (Å²) in [6.07, 6.45) is 3.98. The molecule has 2 aromatic rings. The minimum atomic E-state index is -0.0813. The van der Waals surface area contributed by atoms with Crippen LogP contribution in [0.25, 0.3) is 5.69 Å². The summed E-state index contributed by atoms with van der Waals surface area (Å²) >= 11 is 0. The molecule has 0 bridgehead atoms. The smallest absolute Gasteiger partial charge is 0.272 e. The number of nitrogens with zero attached hydrogens (tertiary/aromatic N) is 2. The van der Waals surface area contributed by atoms with Crippen molar-refractivity contribution < 1.29 is 4.79 Å². The second kappa shape index (κ2) is 4.05. The van der Waals surface area contributed by atoms with Crippen molar-refractivity contribution in [1.82, 2.24) is 15.1 Å². The minimum absolute atomic E-state index is 0.0813. The highest BCUT2D eigenvalue weighted by molar-refractivity contribution is 5.92. The Labute approximate surface area is 99.3 Å². The third-order valence-electron chi connectivity index (χ3n) is 2.76. The molecule has 1 aliphatic rings. The predicted octanol–water partition coefficient (Wildman–Crippen LogP) is 1.76. The van der Waals surface area contributed by atoms with Crippen LogP contribution in [0.5, 0.6) is 0 Å². The molecule has 0 atom stereocenters. The highest BCUT2D eigenvalue weighted by Gasteiger charge is 2.24. The molecule has 0 saturated heterocycles. The molecule has 1 fully saturated rings. The monoisotopic (exact) mass is 227 g/mol. The van der Waals surface area contributed by atoms with Crippen LogP contribution in [-0.2, 0) is 0 Å². The Kier molecular flexibility index (Phi) is 2.40. The molecule has 0 radical (unpaired) electrons. The third-order valence-corrected chi connectivity index (χ3v) is 2.76. The Balaban J connectivity index is 1.80. The number of aromatic nitrogens is 2. The van der Waals surface area contributed by atoms with Gasteiger partial charge < -0.3 is 5.32 Å². The van der Waals surface area contributed by atoms with Gasteiger partial charge in [0.2, 0.25) is 0 Å². The average Bonchev–Trinajstić information content (AvgIpc) is 3.04. The van der Waals surface area contributed by atoms with Crippen molar-refractivity contribution in [2.24, 2.45) is 0 Å². The maximum Gasteiger partial charge on any atom is 0.272 e. The number of carbonyl (C=O) groups is 1. The maximum atomic E-state index is 11.8. The number of benzene rings is 1. The van der Waals surface area contributed by atoms with Gasteiger partial charge in [-0.3, -0.25) is 4.79 Å². The Morgan fingerprint density at radius 2 is 2.00 bits per heavy atom. The number of carbonyl (C=O) groups excluding carboxylic acids is 1. The van der Waals surface area contributed by atoms with Gasteiger partial charge in [0.25, 0.3) is 5.91 Å². The van der Waals surface area contributed by atoms with Crippen LogP contribution in [0.1, 0.15) is 23.3 Å². The zero-order valence-electron chi connectivity index (χ0n) is 9.34. The van der Waals surface area contributed by atoms with Crippen LogP contribution in [0, 0.1) is 0 Å². The minimum Gasteiger partial charge on any atom is -0.348 e. The normalized spacial score (nSPS) is 14.6. The molecule has 1 N–H and O–H groups in total. The summed E-state index contributed by atoms with van der Waals surface area (Å²) in [5.74, 6) is -0.0813. The van der Waals surface area contributed by atoms with Crippen LogP contribution < -0.4 is 5.32 Å². The van der Waals surface area contributed by atoms with Crippen molar-refractivity contribution >= 4 is 5.91 Å². The van der Waals surface area contributed by atoms with Crippen molar-refractivity contribution in [3.63, 3.8) is 0 Å². The first kappa shape index (κ1) is 10.1. The van der Waals surface area contributed by atoms with Crippen molar-refractivity contribution in [3.8, 4) is 5.69 Å². The maximum absolute atomic E-state index is 11.8. The molecule has 0 unspecified atom stereocenters. The largest absolute Gasteiger partial charge is 0.348 e. The standard InChI is InChI=1S/C13H13N3O/c17-13(14-10-6-7-10)12-8-9-16(15-12)11-4-2-1-3-5-11/h1-5,8-10H,6-7H2,(H,14,17). The zero-order chi connectivity index (χ0) is 11.7. The molecular formula is C13H13N3O. The number of amides is 1. The molecule has 17 heavy (non-hydrogen) atoms. The van der Waals surface area contributed by atoms with E-state index in [1.807, 2.05) is 30.3 Å². The predicted molar refractivity (Wildman–Crippen MR) is 64.1 cm³/mol.